The van der Waals surface area contributed by atoms with Crippen LogP contribution in [0.15, 0.2) is 0 Å². The van der Waals surface area contributed by atoms with Gasteiger partial charge in [-0.2, -0.15) is 0 Å². The Morgan fingerprint density at radius 2 is 0.519 bits per heavy atom. The second kappa shape index (κ2) is 30.7. The minimum absolute atomic E-state index is 0.327. The lowest BCUT2D eigenvalue weighted by Crippen LogP contribution is -2.69. The van der Waals surface area contributed by atoms with Crippen LogP contribution in [-0.4, -0.2) is 225 Å². The van der Waals surface area contributed by atoms with Gasteiger partial charge in [0.2, 0.25) is 0 Å². The summed E-state index contributed by atoms with van der Waals surface area (Å²) in [5.41, 5.74) is 0. The summed E-state index contributed by atoms with van der Waals surface area (Å²) in [7, 11) is 0. The van der Waals surface area contributed by atoms with Crippen molar-refractivity contribution >= 4 is 87.6 Å². The molecule has 33 heteroatoms. The van der Waals surface area contributed by atoms with Crippen LogP contribution >= 0.6 is 15.9 Å². The summed E-state index contributed by atoms with van der Waals surface area (Å²) in [5.74, 6) is -12.0. The molecule has 0 saturated carbocycles. The van der Waals surface area contributed by atoms with Gasteiger partial charge in [-0.05, 0) is 0 Å². The van der Waals surface area contributed by atoms with Gasteiger partial charge < -0.3 is 95.1 Å². The molecule has 0 aromatic rings. The van der Waals surface area contributed by atoms with E-state index in [2.05, 4.69) is 15.9 Å². The molecule has 8 unspecified atom stereocenters. The minimum Gasteiger partial charge on any atom is -0.463 e. The SMILES string of the molecule is CC(=O)OCC1O[C@H](O[C@@H]2C(COC(C)=O)O[C@H](O[C@@H]3C(CBr)O[C@H](O[C@@H]4C(COC(C)=O)O[C@H](O)C(OC(C)=O)[C@@H]4OC(C)=O)C(OC(C)=O)[C@@H]3OC(C)=O)C(OC(C)=O)[C@H]2OC(C)=O)C(OC(C)=O)[C@@H](OC(C)=O)[C@@H]1OC(C)=O. The molecule has 456 valence electrons. The van der Waals surface area contributed by atoms with Gasteiger partial charge in [-0.25, -0.2) is 0 Å². The van der Waals surface area contributed by atoms with Gasteiger partial charge in [0.05, 0.1) is 0 Å². The Hall–Kier alpha value is -6.20. The standard InChI is InChI=1S/C48H65BrO32/c1-17(50)63-14-30-35(37(67-21(5)54)41(45(62)75-30)71-25(9)58)80-46-42(72-26(10)59)38(68-22(6)55)33(29(13-49)76-46)79-47-44(74-28(12)61)40(70-24(8)57)36(32(78-47)16-65-19(3)52)81-48-43(73-27(11)60)39(69-23(7)56)34(66-20(4)53)31(77-48)15-64-18(2)51/h29-48,62H,13-16H2,1-12H3/t29?,30?,31?,32?,33-,34-,35-,36-,37-,38-,39+,40+,41?,42?,43?,44?,45+,46-,47-,48-/m1/s1. The van der Waals surface area contributed by atoms with Crippen LogP contribution in [0.5, 0.6) is 0 Å². The number of alkyl halides is 1. The number of aliphatic hydroxyl groups excluding tert-OH is 1. The average molecular weight is 1230 g/mol. The summed E-state index contributed by atoms with van der Waals surface area (Å²) in [6, 6.07) is 0. The number of aliphatic hydroxyl groups is 1. The number of rotatable bonds is 22. The molecule has 0 aliphatic carbocycles. The van der Waals surface area contributed by atoms with E-state index in [-0.39, 0.29) is 5.33 Å². The molecule has 32 nitrogen and oxygen atoms in total. The van der Waals surface area contributed by atoms with Gasteiger partial charge in [-0.1, -0.05) is 15.9 Å². The van der Waals surface area contributed by atoms with Crippen LogP contribution in [0.2, 0.25) is 0 Å². The van der Waals surface area contributed by atoms with E-state index in [1.165, 1.54) is 0 Å². The van der Waals surface area contributed by atoms with E-state index >= 15 is 0 Å². The van der Waals surface area contributed by atoms with Crippen molar-refractivity contribution in [1.29, 1.82) is 0 Å². The van der Waals surface area contributed by atoms with Gasteiger partial charge in [0, 0.05) is 88.4 Å². The van der Waals surface area contributed by atoms with Crippen LogP contribution in [-0.2, 0) is 148 Å². The molecule has 0 bridgehead atoms. The number of esters is 12. The first kappa shape index (κ1) is 67.3. The molecule has 1 N–H and O–H groups in total. The van der Waals surface area contributed by atoms with Gasteiger partial charge in [-0.15, -0.1) is 0 Å². The van der Waals surface area contributed by atoms with Crippen molar-refractivity contribution in [3.63, 3.8) is 0 Å². The summed E-state index contributed by atoms with van der Waals surface area (Å²) in [6.07, 6.45) is -36.9. The van der Waals surface area contributed by atoms with Crippen molar-refractivity contribution in [3.05, 3.63) is 0 Å². The van der Waals surface area contributed by atoms with E-state index < -0.39 is 214 Å². The number of hydrogen-bond donors (Lipinski definition) is 1. The maximum atomic E-state index is 13.2. The first-order chi connectivity index (χ1) is 37.9. The van der Waals surface area contributed by atoms with Gasteiger partial charge >= 0.3 is 71.6 Å². The molecular weight excluding hydrogens is 1170 g/mol. The monoisotopic (exact) mass is 1230 g/mol. The largest absolute Gasteiger partial charge is 0.463 e. The van der Waals surface area contributed by atoms with Crippen molar-refractivity contribution in [2.24, 2.45) is 0 Å². The van der Waals surface area contributed by atoms with E-state index in [1.807, 2.05) is 0 Å². The minimum atomic E-state index is -2.09. The average Bonchev–Trinajstić information content (AvgIpc) is 3.55. The van der Waals surface area contributed by atoms with Gasteiger partial charge in [0.1, 0.15) is 62.5 Å². The molecule has 0 spiro atoms. The van der Waals surface area contributed by atoms with Gasteiger partial charge in [0.25, 0.3) is 0 Å². The smallest absolute Gasteiger partial charge is 0.303 e. The third kappa shape index (κ3) is 19.7. The summed E-state index contributed by atoms with van der Waals surface area (Å²) < 4.78 is 110. The van der Waals surface area contributed by atoms with Crippen molar-refractivity contribution < 1.29 is 153 Å². The lowest BCUT2D eigenvalue weighted by Gasteiger charge is -2.51. The highest BCUT2D eigenvalue weighted by Crippen LogP contribution is 2.40. The Balaban J connectivity index is 1.91. The van der Waals surface area contributed by atoms with Crippen molar-refractivity contribution in [3.8, 4) is 0 Å². The third-order valence-corrected chi connectivity index (χ3v) is 12.1. The van der Waals surface area contributed by atoms with E-state index in [9.17, 15) is 62.6 Å². The second-order valence-electron chi connectivity index (χ2n) is 18.2. The van der Waals surface area contributed by atoms with E-state index in [1.54, 1.807) is 0 Å². The number of carbonyl (C=O) groups excluding carboxylic acids is 12. The van der Waals surface area contributed by atoms with E-state index in [0.29, 0.717) is 0 Å². The fraction of sp³-hybridized carbons (Fsp3) is 0.750. The number of ether oxygens (including phenoxy) is 19. The van der Waals surface area contributed by atoms with Crippen LogP contribution in [0.1, 0.15) is 83.1 Å². The first-order valence-corrected chi connectivity index (χ1v) is 25.8. The van der Waals surface area contributed by atoms with Crippen molar-refractivity contribution in [2.75, 3.05) is 25.2 Å². The summed E-state index contributed by atoms with van der Waals surface area (Å²) in [5, 5.41) is 10.7. The Labute approximate surface area is 470 Å². The fourth-order valence-corrected chi connectivity index (χ4v) is 9.37. The molecular formula is C48H65BrO32. The number of hydrogen-bond acceptors (Lipinski definition) is 32. The zero-order valence-electron chi connectivity index (χ0n) is 45.9. The third-order valence-electron chi connectivity index (χ3n) is 11.5. The van der Waals surface area contributed by atoms with Crippen LogP contribution in [0.25, 0.3) is 0 Å². The summed E-state index contributed by atoms with van der Waals surface area (Å²) in [4.78, 5) is 152. The molecule has 0 aromatic heterocycles. The van der Waals surface area contributed by atoms with Crippen LogP contribution in [0.3, 0.4) is 0 Å². The molecule has 0 aromatic carbocycles. The highest BCUT2D eigenvalue weighted by molar-refractivity contribution is 9.09. The van der Waals surface area contributed by atoms with Crippen LogP contribution in [0.4, 0.5) is 0 Å². The Morgan fingerprint density at radius 3 is 0.815 bits per heavy atom. The lowest BCUT2D eigenvalue weighted by molar-refractivity contribution is -0.385. The first-order valence-electron chi connectivity index (χ1n) is 24.7. The van der Waals surface area contributed by atoms with Crippen LogP contribution < -0.4 is 0 Å². The molecule has 4 heterocycles. The maximum Gasteiger partial charge on any atom is 0.303 e. The predicted molar refractivity (Wildman–Crippen MR) is 255 cm³/mol. The molecule has 0 radical (unpaired) electrons. The molecule has 4 aliphatic rings. The maximum absolute atomic E-state index is 13.2. The molecule has 4 saturated heterocycles. The molecule has 81 heavy (non-hydrogen) atoms. The Kier molecular flexibility index (Phi) is 25.5. The van der Waals surface area contributed by atoms with Gasteiger partial charge in [0.15, 0.2) is 80.1 Å². The normalized spacial score (nSPS) is 33.6. The highest BCUT2D eigenvalue weighted by Gasteiger charge is 2.61. The highest BCUT2D eigenvalue weighted by atomic mass is 79.9. The number of halogens is 1. The zero-order valence-corrected chi connectivity index (χ0v) is 47.4. The molecule has 0 amide bonds. The quantitative estimate of drug-likeness (QED) is 0.0732. The Morgan fingerprint density at radius 1 is 0.296 bits per heavy atom. The molecule has 4 fully saturated rings. The zero-order chi connectivity index (χ0) is 60.7. The van der Waals surface area contributed by atoms with Crippen molar-refractivity contribution in [2.45, 2.75) is 206 Å². The molecule has 4 rings (SSSR count). The van der Waals surface area contributed by atoms with Crippen LogP contribution in [0, 0.1) is 0 Å². The van der Waals surface area contributed by atoms with E-state index in [4.69, 9.17) is 90.0 Å². The summed E-state index contributed by atoms with van der Waals surface area (Å²) >= 11 is 3.32. The lowest BCUT2D eigenvalue weighted by atomic mass is 9.95. The predicted octanol–water partition coefficient (Wildman–Crippen LogP) is -1.50. The molecule has 20 atom stereocenters. The fourth-order valence-electron chi connectivity index (χ4n) is 8.85. The Bertz CT molecular complexity index is 2290. The van der Waals surface area contributed by atoms with Gasteiger partial charge in [-0.3, -0.25) is 57.5 Å². The van der Waals surface area contributed by atoms with Crippen molar-refractivity contribution in [1.82, 2.24) is 0 Å². The number of carbonyl (C=O) groups is 12. The molecule has 4 aliphatic heterocycles. The second-order valence-corrected chi connectivity index (χ2v) is 18.9. The topological polar surface area (TPSA) is 400 Å². The van der Waals surface area contributed by atoms with E-state index in [0.717, 1.165) is 83.1 Å². The summed E-state index contributed by atoms with van der Waals surface area (Å²) in [6.45, 7) is 9.35.